The summed E-state index contributed by atoms with van der Waals surface area (Å²) < 4.78 is 7.33. The van der Waals surface area contributed by atoms with Gasteiger partial charge in [-0.3, -0.25) is 4.68 Å². The molecule has 6 nitrogen and oxygen atoms in total. The zero-order valence-electron chi connectivity index (χ0n) is 10.3. The first kappa shape index (κ1) is 12.4. The van der Waals surface area contributed by atoms with Crippen molar-refractivity contribution in [3.05, 3.63) is 29.9 Å². The van der Waals surface area contributed by atoms with Crippen molar-refractivity contribution in [2.24, 2.45) is 0 Å². The minimum Gasteiger partial charge on any atom is -0.381 e. The molecule has 2 aromatic rings. The van der Waals surface area contributed by atoms with Gasteiger partial charge in [0, 0.05) is 25.5 Å². The van der Waals surface area contributed by atoms with Crippen molar-refractivity contribution in [2.75, 3.05) is 18.5 Å². The van der Waals surface area contributed by atoms with E-state index in [1.165, 1.54) is 6.33 Å². The number of hydrogen-bond donors (Lipinski definition) is 1. The average Bonchev–Trinajstić information content (AvgIpc) is 2.88. The molecule has 0 atom stereocenters. The minimum atomic E-state index is 0.411. The SMILES string of the molecule is Clc1cc(Nc2cnn(C3CCOCC3)c2)ncn1. The van der Waals surface area contributed by atoms with Gasteiger partial charge in [-0.05, 0) is 12.8 Å². The van der Waals surface area contributed by atoms with Crippen LogP contribution in [0.3, 0.4) is 0 Å². The molecule has 0 aromatic carbocycles. The summed E-state index contributed by atoms with van der Waals surface area (Å²) in [6, 6.07) is 2.09. The van der Waals surface area contributed by atoms with Gasteiger partial charge in [-0.15, -0.1) is 0 Å². The van der Waals surface area contributed by atoms with E-state index in [1.807, 2.05) is 10.9 Å². The highest BCUT2D eigenvalue weighted by Crippen LogP contribution is 2.22. The van der Waals surface area contributed by atoms with Crippen molar-refractivity contribution in [2.45, 2.75) is 18.9 Å². The topological polar surface area (TPSA) is 64.9 Å². The molecule has 0 bridgehead atoms. The minimum absolute atomic E-state index is 0.411. The van der Waals surface area contributed by atoms with Crippen LogP contribution < -0.4 is 5.32 Å². The van der Waals surface area contributed by atoms with Crippen LogP contribution in [0.1, 0.15) is 18.9 Å². The lowest BCUT2D eigenvalue weighted by Crippen LogP contribution is -2.19. The van der Waals surface area contributed by atoms with E-state index < -0.39 is 0 Å². The van der Waals surface area contributed by atoms with Gasteiger partial charge in [-0.25, -0.2) is 9.97 Å². The maximum Gasteiger partial charge on any atom is 0.135 e. The largest absolute Gasteiger partial charge is 0.381 e. The fraction of sp³-hybridized carbons (Fsp3) is 0.417. The van der Waals surface area contributed by atoms with Crippen molar-refractivity contribution in [3.63, 3.8) is 0 Å². The summed E-state index contributed by atoms with van der Waals surface area (Å²) in [6.45, 7) is 1.60. The number of nitrogens with zero attached hydrogens (tertiary/aromatic N) is 4. The van der Waals surface area contributed by atoms with Crippen LogP contribution in [-0.2, 0) is 4.74 Å². The maximum atomic E-state index is 5.81. The molecule has 0 amide bonds. The van der Waals surface area contributed by atoms with Crippen molar-refractivity contribution >= 4 is 23.1 Å². The lowest BCUT2D eigenvalue weighted by atomic mass is 10.1. The van der Waals surface area contributed by atoms with Gasteiger partial charge >= 0.3 is 0 Å². The molecule has 1 N–H and O–H groups in total. The van der Waals surface area contributed by atoms with Gasteiger partial charge in [-0.2, -0.15) is 5.10 Å². The predicted octanol–water partition coefficient (Wildman–Crippen LogP) is 2.42. The van der Waals surface area contributed by atoms with Crippen LogP contribution in [0.5, 0.6) is 0 Å². The van der Waals surface area contributed by atoms with E-state index in [0.29, 0.717) is 17.0 Å². The standard InChI is InChI=1S/C12H14ClN5O/c13-11-5-12(15-8-14-11)17-9-6-16-18(7-9)10-1-3-19-4-2-10/h5-8,10H,1-4H2,(H,14,15,17). The van der Waals surface area contributed by atoms with Crippen molar-refractivity contribution in [1.29, 1.82) is 0 Å². The van der Waals surface area contributed by atoms with Gasteiger partial charge in [0.2, 0.25) is 0 Å². The predicted molar refractivity (Wildman–Crippen MR) is 71.6 cm³/mol. The Bertz CT molecular complexity index is 553. The van der Waals surface area contributed by atoms with Gasteiger partial charge in [0.05, 0.1) is 17.9 Å². The molecule has 0 radical (unpaired) electrons. The van der Waals surface area contributed by atoms with E-state index in [-0.39, 0.29) is 0 Å². The molecular weight excluding hydrogens is 266 g/mol. The Kier molecular flexibility index (Phi) is 3.61. The molecule has 3 rings (SSSR count). The molecular formula is C12H14ClN5O. The lowest BCUT2D eigenvalue weighted by molar-refractivity contribution is 0.0662. The Hall–Kier alpha value is -1.66. The molecule has 7 heteroatoms. The van der Waals surface area contributed by atoms with Crippen LogP contribution in [0.2, 0.25) is 5.15 Å². The van der Waals surface area contributed by atoms with Crippen LogP contribution >= 0.6 is 11.6 Å². The van der Waals surface area contributed by atoms with Crippen LogP contribution in [0.4, 0.5) is 11.5 Å². The summed E-state index contributed by atoms with van der Waals surface area (Å²) in [4.78, 5) is 7.93. The molecule has 1 aliphatic heterocycles. The van der Waals surface area contributed by atoms with Crippen molar-refractivity contribution in [1.82, 2.24) is 19.7 Å². The van der Waals surface area contributed by atoms with Gasteiger partial charge in [-0.1, -0.05) is 11.6 Å². The number of anilines is 2. The summed E-state index contributed by atoms with van der Waals surface area (Å²) in [6.07, 6.45) is 7.19. The first-order chi connectivity index (χ1) is 9.31. The van der Waals surface area contributed by atoms with Crippen molar-refractivity contribution < 1.29 is 4.74 Å². The molecule has 0 aliphatic carbocycles. The highest BCUT2D eigenvalue weighted by molar-refractivity contribution is 6.29. The van der Waals surface area contributed by atoms with Crippen LogP contribution in [-0.4, -0.2) is 33.0 Å². The average molecular weight is 280 g/mol. The normalized spacial score (nSPS) is 16.5. The summed E-state index contributed by atoms with van der Waals surface area (Å²) in [7, 11) is 0. The zero-order valence-corrected chi connectivity index (χ0v) is 11.0. The molecule has 100 valence electrons. The number of nitrogens with one attached hydrogen (secondary N) is 1. The quantitative estimate of drug-likeness (QED) is 0.874. The monoisotopic (exact) mass is 279 g/mol. The zero-order chi connectivity index (χ0) is 13.1. The van der Waals surface area contributed by atoms with E-state index >= 15 is 0 Å². The number of aromatic nitrogens is 4. The van der Waals surface area contributed by atoms with Gasteiger partial charge in [0.25, 0.3) is 0 Å². The van der Waals surface area contributed by atoms with Crippen LogP contribution in [0.15, 0.2) is 24.8 Å². The smallest absolute Gasteiger partial charge is 0.135 e. The summed E-state index contributed by atoms with van der Waals surface area (Å²) in [5.41, 5.74) is 0.890. The molecule has 19 heavy (non-hydrogen) atoms. The third kappa shape index (κ3) is 3.02. The van der Waals surface area contributed by atoms with E-state index in [9.17, 15) is 0 Å². The number of hydrogen-bond acceptors (Lipinski definition) is 5. The highest BCUT2D eigenvalue weighted by atomic mass is 35.5. The second-order valence-electron chi connectivity index (χ2n) is 4.40. The van der Waals surface area contributed by atoms with Crippen LogP contribution in [0.25, 0.3) is 0 Å². The number of rotatable bonds is 3. The van der Waals surface area contributed by atoms with Gasteiger partial charge in [0.15, 0.2) is 0 Å². The van der Waals surface area contributed by atoms with E-state index in [4.69, 9.17) is 16.3 Å². The Labute approximate surface area is 115 Å². The summed E-state index contributed by atoms with van der Waals surface area (Å²) >= 11 is 5.81. The lowest BCUT2D eigenvalue weighted by Gasteiger charge is -2.22. The Morgan fingerprint density at radius 2 is 2.16 bits per heavy atom. The first-order valence-electron chi connectivity index (χ1n) is 6.18. The molecule has 2 aromatic heterocycles. The second kappa shape index (κ2) is 5.54. The Morgan fingerprint density at radius 1 is 1.32 bits per heavy atom. The van der Waals surface area contributed by atoms with E-state index in [2.05, 4.69) is 20.4 Å². The van der Waals surface area contributed by atoms with Crippen molar-refractivity contribution in [3.8, 4) is 0 Å². The van der Waals surface area contributed by atoms with Crippen LogP contribution in [0, 0.1) is 0 Å². The Balaban J connectivity index is 1.70. The Morgan fingerprint density at radius 3 is 2.95 bits per heavy atom. The first-order valence-corrected chi connectivity index (χ1v) is 6.55. The second-order valence-corrected chi connectivity index (χ2v) is 4.79. The third-order valence-corrected chi connectivity index (χ3v) is 3.28. The number of halogens is 1. The summed E-state index contributed by atoms with van der Waals surface area (Å²) in [5.74, 6) is 0.659. The van der Waals surface area contributed by atoms with E-state index in [0.717, 1.165) is 31.7 Å². The molecule has 1 saturated heterocycles. The molecule has 1 fully saturated rings. The molecule has 0 unspecified atom stereocenters. The molecule has 0 saturated carbocycles. The summed E-state index contributed by atoms with van der Waals surface area (Å²) in [5, 5.41) is 7.95. The molecule has 3 heterocycles. The molecule has 1 aliphatic rings. The number of ether oxygens (including phenoxy) is 1. The maximum absolute atomic E-state index is 5.81. The third-order valence-electron chi connectivity index (χ3n) is 3.07. The van der Waals surface area contributed by atoms with Gasteiger partial charge < -0.3 is 10.1 Å². The van der Waals surface area contributed by atoms with E-state index in [1.54, 1.807) is 12.3 Å². The molecule has 0 spiro atoms. The highest BCUT2D eigenvalue weighted by Gasteiger charge is 2.16. The fourth-order valence-corrected chi connectivity index (χ4v) is 2.25. The van der Waals surface area contributed by atoms with Gasteiger partial charge in [0.1, 0.15) is 17.3 Å². The fourth-order valence-electron chi connectivity index (χ4n) is 2.10.